The van der Waals surface area contributed by atoms with Gasteiger partial charge in [0.25, 0.3) is 5.91 Å². The monoisotopic (exact) mass is 314 g/mol. The van der Waals surface area contributed by atoms with Crippen LogP contribution in [0.2, 0.25) is 0 Å². The van der Waals surface area contributed by atoms with Crippen LogP contribution in [0.5, 0.6) is 0 Å². The number of rotatable bonds is 6. The Kier molecular flexibility index (Phi) is 5.71. The number of carbonyl (C=O) groups is 1. The summed E-state index contributed by atoms with van der Waals surface area (Å²) in [7, 11) is 0. The zero-order valence-electron chi connectivity index (χ0n) is 11.2. The number of halogens is 4. The molecule has 0 unspecified atom stereocenters. The first-order valence-electron chi connectivity index (χ1n) is 5.82. The van der Waals surface area contributed by atoms with Gasteiger partial charge in [-0.2, -0.15) is 0 Å². The van der Waals surface area contributed by atoms with Gasteiger partial charge in [-0.1, -0.05) is 17.3 Å². The van der Waals surface area contributed by atoms with Crippen LogP contribution < -0.4 is 0 Å². The zero-order valence-corrected chi connectivity index (χ0v) is 11.2. The lowest BCUT2D eigenvalue weighted by Crippen LogP contribution is -2.33. The van der Waals surface area contributed by atoms with E-state index in [1.54, 1.807) is 0 Å². The van der Waals surface area contributed by atoms with E-state index in [-0.39, 0.29) is 13.1 Å². The molecule has 0 bridgehead atoms. The molecule has 1 aromatic rings. The van der Waals surface area contributed by atoms with E-state index in [9.17, 15) is 22.4 Å². The first-order valence-corrected chi connectivity index (χ1v) is 5.82. The Bertz CT molecular complexity index is 644. The van der Waals surface area contributed by atoms with E-state index in [1.165, 1.54) is 12.2 Å². The maximum atomic E-state index is 13.9. The van der Waals surface area contributed by atoms with E-state index in [2.05, 4.69) is 23.2 Å². The summed E-state index contributed by atoms with van der Waals surface area (Å²) in [6, 6.07) is 0. The van der Waals surface area contributed by atoms with Crippen molar-refractivity contribution in [3.8, 4) is 0 Å². The molecule has 0 aliphatic heterocycles. The summed E-state index contributed by atoms with van der Waals surface area (Å²) in [4.78, 5) is 15.0. The topological polar surface area (TPSA) is 69.1 Å². The van der Waals surface area contributed by atoms with Gasteiger partial charge in [-0.15, -0.1) is 13.2 Å². The van der Waals surface area contributed by atoms with E-state index >= 15 is 0 Å². The highest BCUT2D eigenvalue weighted by atomic mass is 19.2. The van der Waals surface area contributed by atoms with Crippen LogP contribution in [-0.4, -0.2) is 23.9 Å². The third kappa shape index (κ3) is 3.09. The van der Waals surface area contributed by atoms with E-state index in [1.807, 2.05) is 0 Å². The highest BCUT2D eigenvalue weighted by Gasteiger charge is 2.30. The molecule has 0 aliphatic carbocycles. The molecule has 116 valence electrons. The van der Waals surface area contributed by atoms with Crippen LogP contribution in [0.15, 0.2) is 30.4 Å². The minimum Gasteiger partial charge on any atom is -0.331 e. The van der Waals surface area contributed by atoms with Crippen LogP contribution in [0.4, 0.5) is 23.2 Å². The van der Waals surface area contributed by atoms with Crippen LogP contribution in [0.3, 0.4) is 0 Å². The fraction of sp³-hybridized carbons (Fsp3) is 0.154. The number of benzene rings is 1. The molecule has 0 N–H and O–H groups in total. The van der Waals surface area contributed by atoms with E-state index in [0.29, 0.717) is 0 Å². The minimum atomic E-state index is -1.95. The smallest absolute Gasteiger partial charge is 0.260 e. The molecule has 22 heavy (non-hydrogen) atoms. The van der Waals surface area contributed by atoms with Crippen molar-refractivity contribution in [2.45, 2.75) is 0 Å². The molecule has 0 atom stereocenters. The molecule has 0 heterocycles. The van der Waals surface area contributed by atoms with Crippen molar-refractivity contribution < 1.29 is 22.4 Å². The van der Waals surface area contributed by atoms with Crippen LogP contribution in [0.25, 0.3) is 10.4 Å². The standard InChI is InChI=1S/C13H10F4N4O/c1-3-5-21(6-4-2)13(22)7-8(14)10(16)12(19-20-18)11(17)9(7)15/h3-4H,1-2,5-6H2. The largest absolute Gasteiger partial charge is 0.331 e. The lowest BCUT2D eigenvalue weighted by Gasteiger charge is -2.20. The molecule has 1 rings (SSSR count). The summed E-state index contributed by atoms with van der Waals surface area (Å²) in [6.45, 7) is 6.48. The zero-order chi connectivity index (χ0) is 16.9. The average molecular weight is 314 g/mol. The Morgan fingerprint density at radius 3 is 1.91 bits per heavy atom. The van der Waals surface area contributed by atoms with Crippen molar-refractivity contribution in [2.75, 3.05) is 13.1 Å². The van der Waals surface area contributed by atoms with E-state index < -0.39 is 40.4 Å². The molecule has 0 aromatic heterocycles. The molecule has 1 amide bonds. The second-order valence-electron chi connectivity index (χ2n) is 3.96. The van der Waals surface area contributed by atoms with Gasteiger partial charge in [0.15, 0.2) is 23.3 Å². The summed E-state index contributed by atoms with van der Waals surface area (Å²) >= 11 is 0. The van der Waals surface area contributed by atoms with Crippen molar-refractivity contribution in [2.24, 2.45) is 5.11 Å². The second-order valence-corrected chi connectivity index (χ2v) is 3.96. The molecule has 0 saturated heterocycles. The Labute approximate surface area is 122 Å². The van der Waals surface area contributed by atoms with Gasteiger partial charge in [0, 0.05) is 18.0 Å². The summed E-state index contributed by atoms with van der Waals surface area (Å²) in [6.07, 6.45) is 2.52. The summed E-state index contributed by atoms with van der Waals surface area (Å²) in [5.74, 6) is -9.07. The van der Waals surface area contributed by atoms with Gasteiger partial charge in [-0.05, 0) is 5.53 Å². The minimum absolute atomic E-state index is 0.120. The van der Waals surface area contributed by atoms with Gasteiger partial charge < -0.3 is 4.90 Å². The van der Waals surface area contributed by atoms with Crippen molar-refractivity contribution in [3.63, 3.8) is 0 Å². The lowest BCUT2D eigenvalue weighted by molar-refractivity contribution is 0.0778. The van der Waals surface area contributed by atoms with Gasteiger partial charge >= 0.3 is 0 Å². The first kappa shape index (κ1) is 17.3. The molecule has 5 nitrogen and oxygen atoms in total. The van der Waals surface area contributed by atoms with Gasteiger partial charge in [-0.25, -0.2) is 17.6 Å². The number of carbonyl (C=O) groups excluding carboxylic acids is 1. The highest BCUT2D eigenvalue weighted by molar-refractivity contribution is 5.95. The van der Waals surface area contributed by atoms with Crippen LogP contribution in [-0.2, 0) is 0 Å². The van der Waals surface area contributed by atoms with E-state index in [4.69, 9.17) is 5.53 Å². The fourth-order valence-electron chi connectivity index (χ4n) is 1.65. The fourth-order valence-corrected chi connectivity index (χ4v) is 1.65. The molecule has 0 aliphatic rings. The van der Waals surface area contributed by atoms with Gasteiger partial charge in [0.1, 0.15) is 11.3 Å². The summed E-state index contributed by atoms with van der Waals surface area (Å²) in [5.41, 5.74) is 5.24. The quantitative estimate of drug-likeness (QED) is 0.195. The van der Waals surface area contributed by atoms with Crippen LogP contribution in [0.1, 0.15) is 10.4 Å². The molecule has 0 saturated carbocycles. The third-order valence-electron chi connectivity index (χ3n) is 2.58. The van der Waals surface area contributed by atoms with Crippen molar-refractivity contribution in [1.82, 2.24) is 4.90 Å². The van der Waals surface area contributed by atoms with Gasteiger partial charge in [0.2, 0.25) is 0 Å². The number of nitrogens with zero attached hydrogens (tertiary/aromatic N) is 4. The molecule has 0 spiro atoms. The predicted octanol–water partition coefficient (Wildman–Crippen LogP) is 4.00. The molecule has 0 radical (unpaired) electrons. The summed E-state index contributed by atoms with van der Waals surface area (Å²) < 4.78 is 55.0. The Morgan fingerprint density at radius 1 is 1.09 bits per heavy atom. The predicted molar refractivity (Wildman–Crippen MR) is 71.4 cm³/mol. The number of azide groups is 1. The van der Waals surface area contributed by atoms with E-state index in [0.717, 1.165) is 4.90 Å². The third-order valence-corrected chi connectivity index (χ3v) is 2.58. The lowest BCUT2D eigenvalue weighted by atomic mass is 10.1. The number of hydrogen-bond donors (Lipinski definition) is 0. The molecule has 9 heteroatoms. The van der Waals surface area contributed by atoms with Crippen molar-refractivity contribution in [1.29, 1.82) is 0 Å². The Morgan fingerprint density at radius 2 is 1.55 bits per heavy atom. The Hall–Kier alpha value is -2.80. The Balaban J connectivity index is 3.54. The first-order chi connectivity index (χ1) is 10.4. The SMILES string of the molecule is C=CCN(CC=C)C(=O)c1c(F)c(F)c(N=[N+]=[N-])c(F)c1F. The molecular weight excluding hydrogens is 304 g/mol. The maximum Gasteiger partial charge on any atom is 0.260 e. The van der Waals surface area contributed by atoms with Crippen LogP contribution >= 0.6 is 0 Å². The van der Waals surface area contributed by atoms with Crippen molar-refractivity contribution >= 4 is 11.6 Å². The molecular formula is C13H10F4N4O. The molecule has 1 aromatic carbocycles. The number of hydrogen-bond acceptors (Lipinski definition) is 2. The van der Waals surface area contributed by atoms with Crippen molar-refractivity contribution in [3.05, 3.63) is 64.6 Å². The maximum absolute atomic E-state index is 13.9. The highest BCUT2D eigenvalue weighted by Crippen LogP contribution is 2.31. The molecule has 0 fully saturated rings. The van der Waals surface area contributed by atoms with Gasteiger partial charge in [-0.3, -0.25) is 4.79 Å². The summed E-state index contributed by atoms with van der Waals surface area (Å²) in [5, 5.41) is 2.54. The average Bonchev–Trinajstić information content (AvgIpc) is 2.49. The second kappa shape index (κ2) is 7.28. The van der Waals surface area contributed by atoms with Gasteiger partial charge in [0.05, 0.1) is 0 Å². The normalized spacial score (nSPS) is 9.82. The van der Waals surface area contributed by atoms with Crippen LogP contribution in [0, 0.1) is 23.3 Å². The number of amides is 1.